The van der Waals surface area contributed by atoms with Crippen molar-refractivity contribution >= 4 is 11.9 Å². The Labute approximate surface area is 194 Å². The minimum Gasteiger partial charge on any atom is -0.497 e. The fraction of sp³-hybridized carbons (Fsp3) is 0.208. The first-order chi connectivity index (χ1) is 16.4. The van der Waals surface area contributed by atoms with Crippen LogP contribution in [0, 0.1) is 11.8 Å². The lowest BCUT2D eigenvalue weighted by atomic mass is 10.0. The van der Waals surface area contributed by atoms with Crippen molar-refractivity contribution in [3.05, 3.63) is 77.1 Å². The molecular formula is C24H22F2N4O4. The largest absolute Gasteiger partial charge is 0.497 e. The average molecular weight is 468 g/mol. The number of benzene rings is 2. The third-order valence-electron chi connectivity index (χ3n) is 4.67. The van der Waals surface area contributed by atoms with Gasteiger partial charge in [0.2, 0.25) is 5.95 Å². The number of nitrogen functional groups attached to an aromatic ring is 1. The molecule has 34 heavy (non-hydrogen) atoms. The number of rotatable bonds is 8. The van der Waals surface area contributed by atoms with E-state index in [0.717, 1.165) is 5.56 Å². The first-order valence-corrected chi connectivity index (χ1v) is 10.1. The zero-order valence-electron chi connectivity index (χ0n) is 18.2. The third kappa shape index (κ3) is 6.88. The van der Waals surface area contributed by atoms with Gasteiger partial charge in [0.25, 0.3) is 5.91 Å². The molecule has 0 fully saturated rings. The van der Waals surface area contributed by atoms with Gasteiger partial charge in [-0.2, -0.15) is 8.78 Å². The summed E-state index contributed by atoms with van der Waals surface area (Å²) in [4.78, 5) is 20.4. The van der Waals surface area contributed by atoms with Gasteiger partial charge in [0.1, 0.15) is 11.5 Å². The number of halogens is 2. The SMILES string of the molecule is COc1ccc(C[C@@H](CO)NC(=O)c2ccc(OC(F)F)c(C#Cc3cnc(N)nc3)c2)cc1. The summed E-state index contributed by atoms with van der Waals surface area (Å²) < 4.78 is 35.3. The van der Waals surface area contributed by atoms with E-state index in [9.17, 15) is 18.7 Å². The number of aliphatic hydroxyl groups excluding tert-OH is 1. The first kappa shape index (κ1) is 24.4. The molecule has 10 heteroatoms. The monoisotopic (exact) mass is 468 g/mol. The van der Waals surface area contributed by atoms with Crippen molar-refractivity contribution in [2.75, 3.05) is 19.5 Å². The Bertz CT molecular complexity index is 1180. The molecule has 1 atom stereocenters. The van der Waals surface area contributed by atoms with E-state index in [1.165, 1.54) is 30.6 Å². The number of hydrogen-bond acceptors (Lipinski definition) is 7. The smallest absolute Gasteiger partial charge is 0.387 e. The number of nitrogens with zero attached hydrogens (tertiary/aromatic N) is 2. The Morgan fingerprint density at radius 2 is 1.85 bits per heavy atom. The van der Waals surface area contributed by atoms with E-state index in [2.05, 4.69) is 31.9 Å². The van der Waals surface area contributed by atoms with Gasteiger partial charge in [-0.25, -0.2) is 9.97 Å². The van der Waals surface area contributed by atoms with E-state index >= 15 is 0 Å². The molecule has 0 aliphatic carbocycles. The molecule has 0 aliphatic heterocycles. The average Bonchev–Trinajstić information content (AvgIpc) is 2.84. The Hall–Kier alpha value is -4.23. The van der Waals surface area contributed by atoms with Gasteiger partial charge >= 0.3 is 6.61 Å². The lowest BCUT2D eigenvalue weighted by molar-refractivity contribution is -0.0500. The Morgan fingerprint density at radius 1 is 1.15 bits per heavy atom. The van der Waals surface area contributed by atoms with Crippen molar-refractivity contribution in [2.24, 2.45) is 0 Å². The summed E-state index contributed by atoms with van der Waals surface area (Å²) in [5, 5.41) is 12.5. The van der Waals surface area contributed by atoms with Crippen molar-refractivity contribution < 1.29 is 28.2 Å². The predicted octanol–water partition coefficient (Wildman–Crippen LogP) is 2.40. The highest BCUT2D eigenvalue weighted by Gasteiger charge is 2.16. The van der Waals surface area contributed by atoms with Crippen LogP contribution in [-0.4, -0.2) is 47.4 Å². The molecule has 3 rings (SSSR count). The number of carbonyl (C=O) groups is 1. The molecular weight excluding hydrogens is 446 g/mol. The maximum atomic E-state index is 12.8. The Balaban J connectivity index is 1.79. The van der Waals surface area contributed by atoms with Gasteiger partial charge in [-0.1, -0.05) is 24.0 Å². The van der Waals surface area contributed by atoms with Crippen LogP contribution in [0.1, 0.15) is 27.0 Å². The molecule has 0 spiro atoms. The number of amides is 1. The molecule has 1 aromatic heterocycles. The van der Waals surface area contributed by atoms with E-state index in [1.807, 2.05) is 12.1 Å². The lowest BCUT2D eigenvalue weighted by Gasteiger charge is -2.17. The zero-order valence-corrected chi connectivity index (χ0v) is 18.2. The summed E-state index contributed by atoms with van der Waals surface area (Å²) in [6, 6.07) is 10.6. The van der Waals surface area contributed by atoms with E-state index in [-0.39, 0.29) is 29.4 Å². The Morgan fingerprint density at radius 3 is 2.47 bits per heavy atom. The molecule has 0 bridgehead atoms. The molecule has 1 heterocycles. The summed E-state index contributed by atoms with van der Waals surface area (Å²) in [5.74, 6) is 5.49. The molecule has 0 saturated heterocycles. The normalized spacial score (nSPS) is 11.3. The number of aromatic nitrogens is 2. The second-order valence-electron chi connectivity index (χ2n) is 7.07. The first-order valence-electron chi connectivity index (χ1n) is 10.1. The van der Waals surface area contributed by atoms with Crippen LogP contribution in [-0.2, 0) is 6.42 Å². The topological polar surface area (TPSA) is 120 Å². The lowest BCUT2D eigenvalue weighted by Crippen LogP contribution is -2.39. The van der Waals surface area contributed by atoms with E-state index in [0.29, 0.717) is 17.7 Å². The number of ether oxygens (including phenoxy) is 2. The second-order valence-corrected chi connectivity index (χ2v) is 7.07. The molecule has 0 radical (unpaired) electrons. The van der Waals surface area contributed by atoms with Crippen LogP contribution < -0.4 is 20.5 Å². The van der Waals surface area contributed by atoms with Crippen LogP contribution in [0.15, 0.2) is 54.9 Å². The summed E-state index contributed by atoms with van der Waals surface area (Å²) >= 11 is 0. The highest BCUT2D eigenvalue weighted by molar-refractivity contribution is 5.95. The zero-order chi connectivity index (χ0) is 24.5. The maximum Gasteiger partial charge on any atom is 0.387 e. The maximum absolute atomic E-state index is 12.8. The molecule has 0 unspecified atom stereocenters. The number of hydrogen-bond donors (Lipinski definition) is 3. The van der Waals surface area contributed by atoms with Gasteiger partial charge in [0.05, 0.1) is 30.9 Å². The van der Waals surface area contributed by atoms with Gasteiger partial charge in [-0.15, -0.1) is 0 Å². The summed E-state index contributed by atoms with van der Waals surface area (Å²) in [6.45, 7) is -3.36. The molecule has 4 N–H and O–H groups in total. The highest BCUT2D eigenvalue weighted by Crippen LogP contribution is 2.22. The van der Waals surface area contributed by atoms with Crippen LogP contribution in [0.5, 0.6) is 11.5 Å². The fourth-order valence-corrected chi connectivity index (χ4v) is 2.99. The highest BCUT2D eigenvalue weighted by atomic mass is 19.3. The van der Waals surface area contributed by atoms with Crippen LogP contribution in [0.25, 0.3) is 0 Å². The standard InChI is InChI=1S/C24H22F2N4O4/c1-33-20-7-3-15(4-8-20)10-19(14-31)30-22(32)18-6-9-21(34-23(25)26)17(11-18)5-2-16-12-28-24(27)29-13-16/h3-4,6-9,11-13,19,23,31H,10,14H2,1H3,(H,30,32)(H2,27,28,29)/t19-/m0/s1. The van der Waals surface area contributed by atoms with Crippen molar-refractivity contribution in [2.45, 2.75) is 19.1 Å². The molecule has 3 aromatic rings. The van der Waals surface area contributed by atoms with Gasteiger partial charge in [-0.3, -0.25) is 4.79 Å². The summed E-state index contributed by atoms with van der Waals surface area (Å²) in [6.07, 6.45) is 3.14. The van der Waals surface area contributed by atoms with Gasteiger partial charge < -0.3 is 25.6 Å². The number of alkyl halides is 2. The molecule has 8 nitrogen and oxygen atoms in total. The minimum atomic E-state index is -3.07. The number of nitrogens with two attached hydrogens (primary N) is 1. The van der Waals surface area contributed by atoms with Crippen LogP contribution in [0.3, 0.4) is 0 Å². The van der Waals surface area contributed by atoms with E-state index in [1.54, 1.807) is 19.2 Å². The van der Waals surface area contributed by atoms with E-state index < -0.39 is 18.6 Å². The predicted molar refractivity (Wildman–Crippen MR) is 121 cm³/mol. The van der Waals surface area contributed by atoms with Gasteiger partial charge in [0, 0.05) is 18.0 Å². The molecule has 176 valence electrons. The number of methoxy groups -OCH3 is 1. The summed E-state index contributed by atoms with van der Waals surface area (Å²) in [5.41, 5.74) is 6.95. The molecule has 1 amide bonds. The van der Waals surface area contributed by atoms with E-state index in [4.69, 9.17) is 10.5 Å². The second kappa shape index (κ2) is 11.6. The van der Waals surface area contributed by atoms with Crippen LogP contribution in [0.4, 0.5) is 14.7 Å². The number of nitrogens with one attached hydrogen (secondary N) is 1. The van der Waals surface area contributed by atoms with Crippen molar-refractivity contribution in [3.63, 3.8) is 0 Å². The third-order valence-corrected chi connectivity index (χ3v) is 4.67. The van der Waals surface area contributed by atoms with Crippen LogP contribution >= 0.6 is 0 Å². The minimum absolute atomic E-state index is 0.0685. The molecule has 0 aliphatic rings. The fourth-order valence-electron chi connectivity index (χ4n) is 2.99. The van der Waals surface area contributed by atoms with Gasteiger partial charge in [-0.05, 0) is 42.3 Å². The van der Waals surface area contributed by atoms with Crippen molar-refractivity contribution in [1.82, 2.24) is 15.3 Å². The number of anilines is 1. The number of aliphatic hydroxyl groups is 1. The van der Waals surface area contributed by atoms with Crippen LogP contribution in [0.2, 0.25) is 0 Å². The van der Waals surface area contributed by atoms with Crippen molar-refractivity contribution in [1.29, 1.82) is 0 Å². The van der Waals surface area contributed by atoms with Gasteiger partial charge in [0.15, 0.2) is 0 Å². The molecule has 2 aromatic carbocycles. The summed E-state index contributed by atoms with van der Waals surface area (Å²) in [7, 11) is 1.56. The Kier molecular flexibility index (Phi) is 8.32. The quantitative estimate of drug-likeness (QED) is 0.434. The van der Waals surface area contributed by atoms with Crippen molar-refractivity contribution in [3.8, 4) is 23.3 Å². The number of carbonyl (C=O) groups excluding carboxylic acids is 1. The molecule has 0 saturated carbocycles.